The Labute approximate surface area is 122 Å². The molecular weight excluding hydrogens is 250 g/mol. The van der Waals surface area contributed by atoms with E-state index in [1.807, 2.05) is 18.2 Å². The summed E-state index contributed by atoms with van der Waals surface area (Å²) in [5, 5.41) is 6.59. The van der Waals surface area contributed by atoms with Gasteiger partial charge in [-0.25, -0.2) is 0 Å². The molecule has 1 aromatic rings. The molecule has 20 heavy (non-hydrogen) atoms. The zero-order chi connectivity index (χ0) is 14.8. The molecule has 0 aliphatic carbocycles. The van der Waals surface area contributed by atoms with Gasteiger partial charge in [-0.15, -0.1) is 0 Å². The van der Waals surface area contributed by atoms with E-state index >= 15 is 0 Å². The van der Waals surface area contributed by atoms with Gasteiger partial charge < -0.3 is 10.6 Å². The topological polar surface area (TPSA) is 52.5 Å². The Morgan fingerprint density at radius 3 is 2.70 bits per heavy atom. The highest BCUT2D eigenvalue weighted by molar-refractivity contribution is 5.79. The van der Waals surface area contributed by atoms with Gasteiger partial charge in [-0.3, -0.25) is 14.9 Å². The fourth-order valence-electron chi connectivity index (χ4n) is 2.00. The van der Waals surface area contributed by atoms with Crippen LogP contribution in [0.5, 0.6) is 0 Å². The number of rotatable bonds is 7. The Morgan fingerprint density at radius 1 is 1.35 bits per heavy atom. The van der Waals surface area contributed by atoms with E-state index in [2.05, 4.69) is 46.3 Å². The molecule has 112 valence electrons. The SMILES string of the molecule is CCN(CCNC(=NC)NCc1ccccn1)C(C)C. The lowest BCUT2D eigenvalue weighted by molar-refractivity contribution is 0.237. The summed E-state index contributed by atoms with van der Waals surface area (Å²) in [7, 11) is 1.79. The fourth-order valence-corrected chi connectivity index (χ4v) is 2.00. The van der Waals surface area contributed by atoms with E-state index in [1.165, 1.54) is 0 Å². The minimum atomic E-state index is 0.574. The zero-order valence-electron chi connectivity index (χ0n) is 13.1. The summed E-state index contributed by atoms with van der Waals surface area (Å²) in [4.78, 5) is 10.9. The molecule has 0 aliphatic heterocycles. The Balaban J connectivity index is 2.30. The quantitative estimate of drug-likeness (QED) is 0.585. The first-order valence-corrected chi connectivity index (χ1v) is 7.25. The van der Waals surface area contributed by atoms with Crippen molar-refractivity contribution in [1.29, 1.82) is 0 Å². The first-order valence-electron chi connectivity index (χ1n) is 7.25. The molecule has 0 bridgehead atoms. The van der Waals surface area contributed by atoms with Crippen LogP contribution in [0.25, 0.3) is 0 Å². The number of pyridine rings is 1. The van der Waals surface area contributed by atoms with Crippen LogP contribution in [0.4, 0.5) is 0 Å². The lowest BCUT2D eigenvalue weighted by Gasteiger charge is -2.25. The Kier molecular flexibility index (Phi) is 7.65. The summed E-state index contributed by atoms with van der Waals surface area (Å²) in [5.74, 6) is 0.815. The third kappa shape index (κ3) is 6.02. The van der Waals surface area contributed by atoms with Crippen molar-refractivity contribution in [2.75, 3.05) is 26.7 Å². The van der Waals surface area contributed by atoms with E-state index in [4.69, 9.17) is 0 Å². The van der Waals surface area contributed by atoms with Crippen LogP contribution in [-0.4, -0.2) is 48.6 Å². The number of nitrogens with zero attached hydrogens (tertiary/aromatic N) is 3. The minimum absolute atomic E-state index is 0.574. The maximum Gasteiger partial charge on any atom is 0.191 e. The molecule has 0 aliphatic rings. The van der Waals surface area contributed by atoms with E-state index in [-0.39, 0.29) is 0 Å². The number of nitrogens with one attached hydrogen (secondary N) is 2. The van der Waals surface area contributed by atoms with Gasteiger partial charge in [0.25, 0.3) is 0 Å². The maximum absolute atomic E-state index is 4.28. The van der Waals surface area contributed by atoms with Crippen molar-refractivity contribution in [3.8, 4) is 0 Å². The molecule has 1 heterocycles. The summed E-state index contributed by atoms with van der Waals surface area (Å²) in [6, 6.07) is 6.48. The Hall–Kier alpha value is -1.62. The smallest absolute Gasteiger partial charge is 0.191 e. The normalized spacial score (nSPS) is 12.0. The van der Waals surface area contributed by atoms with Crippen LogP contribution in [0.1, 0.15) is 26.5 Å². The van der Waals surface area contributed by atoms with Crippen LogP contribution in [0.3, 0.4) is 0 Å². The van der Waals surface area contributed by atoms with Gasteiger partial charge in [-0.05, 0) is 32.5 Å². The highest BCUT2D eigenvalue weighted by Crippen LogP contribution is 1.95. The third-order valence-electron chi connectivity index (χ3n) is 3.21. The van der Waals surface area contributed by atoms with Crippen LogP contribution in [0.2, 0.25) is 0 Å². The molecule has 1 rings (SSSR count). The van der Waals surface area contributed by atoms with Gasteiger partial charge in [0.05, 0.1) is 12.2 Å². The molecule has 0 saturated heterocycles. The van der Waals surface area contributed by atoms with E-state index in [0.29, 0.717) is 12.6 Å². The molecule has 0 amide bonds. The third-order valence-corrected chi connectivity index (χ3v) is 3.21. The molecule has 5 nitrogen and oxygen atoms in total. The fraction of sp³-hybridized carbons (Fsp3) is 0.600. The second-order valence-corrected chi connectivity index (χ2v) is 4.90. The first-order chi connectivity index (χ1) is 9.67. The van der Waals surface area contributed by atoms with E-state index < -0.39 is 0 Å². The van der Waals surface area contributed by atoms with Crippen LogP contribution >= 0.6 is 0 Å². The van der Waals surface area contributed by atoms with Gasteiger partial charge >= 0.3 is 0 Å². The second kappa shape index (κ2) is 9.31. The molecule has 0 atom stereocenters. The minimum Gasteiger partial charge on any atom is -0.355 e. The lowest BCUT2D eigenvalue weighted by Crippen LogP contribution is -2.42. The van der Waals surface area contributed by atoms with E-state index in [1.54, 1.807) is 13.2 Å². The van der Waals surface area contributed by atoms with Crippen molar-refractivity contribution in [1.82, 2.24) is 20.5 Å². The van der Waals surface area contributed by atoms with Crippen molar-refractivity contribution in [2.24, 2.45) is 4.99 Å². The summed E-state index contributed by atoms with van der Waals surface area (Å²) < 4.78 is 0. The molecule has 5 heteroatoms. The van der Waals surface area contributed by atoms with Crippen LogP contribution in [0.15, 0.2) is 29.4 Å². The van der Waals surface area contributed by atoms with Crippen molar-refractivity contribution < 1.29 is 0 Å². The molecule has 0 unspecified atom stereocenters. The zero-order valence-corrected chi connectivity index (χ0v) is 13.1. The predicted octanol–water partition coefficient (Wildman–Crippen LogP) is 1.48. The number of aliphatic imine (C=N–C) groups is 1. The van der Waals surface area contributed by atoms with Crippen LogP contribution in [-0.2, 0) is 6.54 Å². The monoisotopic (exact) mass is 277 g/mol. The Morgan fingerprint density at radius 2 is 2.15 bits per heavy atom. The molecular formula is C15H27N5. The van der Waals surface area contributed by atoms with Crippen LogP contribution in [0, 0.1) is 0 Å². The average molecular weight is 277 g/mol. The summed E-state index contributed by atoms with van der Waals surface area (Å²) >= 11 is 0. The lowest BCUT2D eigenvalue weighted by atomic mass is 10.3. The standard InChI is InChI=1S/C15H27N5/c1-5-20(13(2)3)11-10-18-15(16-4)19-12-14-8-6-7-9-17-14/h6-9,13H,5,10-12H2,1-4H3,(H2,16,18,19). The molecule has 0 spiro atoms. The summed E-state index contributed by atoms with van der Waals surface area (Å²) in [5.41, 5.74) is 1.01. The van der Waals surface area contributed by atoms with Gasteiger partial charge in [0, 0.05) is 32.4 Å². The van der Waals surface area contributed by atoms with Crippen LogP contribution < -0.4 is 10.6 Å². The number of hydrogen-bond acceptors (Lipinski definition) is 3. The van der Waals surface area contributed by atoms with E-state index in [0.717, 1.165) is 31.3 Å². The van der Waals surface area contributed by atoms with Gasteiger partial charge in [0.15, 0.2) is 5.96 Å². The number of hydrogen-bond donors (Lipinski definition) is 2. The van der Waals surface area contributed by atoms with E-state index in [9.17, 15) is 0 Å². The summed E-state index contributed by atoms with van der Waals surface area (Å²) in [6.07, 6.45) is 1.80. The highest BCUT2D eigenvalue weighted by atomic mass is 15.2. The first kappa shape index (κ1) is 16.4. The van der Waals surface area contributed by atoms with Crippen molar-refractivity contribution in [3.63, 3.8) is 0 Å². The average Bonchev–Trinajstić information content (AvgIpc) is 2.47. The highest BCUT2D eigenvalue weighted by Gasteiger charge is 2.06. The molecule has 0 aromatic carbocycles. The Bertz CT molecular complexity index is 389. The van der Waals surface area contributed by atoms with Gasteiger partial charge in [-0.1, -0.05) is 13.0 Å². The molecule has 1 aromatic heterocycles. The predicted molar refractivity (Wildman–Crippen MR) is 84.8 cm³/mol. The molecule has 0 saturated carbocycles. The number of guanidine groups is 1. The van der Waals surface area contributed by atoms with Gasteiger partial charge in [-0.2, -0.15) is 0 Å². The van der Waals surface area contributed by atoms with Crippen molar-refractivity contribution >= 4 is 5.96 Å². The number of aromatic nitrogens is 1. The summed E-state index contributed by atoms with van der Waals surface area (Å²) in [6.45, 7) is 10.3. The molecule has 0 radical (unpaired) electrons. The molecule has 2 N–H and O–H groups in total. The van der Waals surface area contributed by atoms with Gasteiger partial charge in [0.2, 0.25) is 0 Å². The largest absolute Gasteiger partial charge is 0.355 e. The van der Waals surface area contributed by atoms with Gasteiger partial charge in [0.1, 0.15) is 0 Å². The number of likely N-dealkylation sites (N-methyl/N-ethyl adjacent to an activating group) is 1. The van der Waals surface area contributed by atoms with Crippen molar-refractivity contribution in [2.45, 2.75) is 33.4 Å². The molecule has 0 fully saturated rings. The second-order valence-electron chi connectivity index (χ2n) is 4.90. The maximum atomic E-state index is 4.28. The van der Waals surface area contributed by atoms with Crippen molar-refractivity contribution in [3.05, 3.63) is 30.1 Å².